The van der Waals surface area contributed by atoms with Gasteiger partial charge in [-0.15, -0.1) is 0 Å². The van der Waals surface area contributed by atoms with E-state index in [2.05, 4.69) is 5.32 Å². The second-order valence-corrected chi connectivity index (χ2v) is 6.28. The molecular weight excluding hydrogens is 248 g/mol. The third kappa shape index (κ3) is 6.98. The zero-order valence-corrected chi connectivity index (χ0v) is 12.0. The fourth-order valence-electron chi connectivity index (χ4n) is 2.37. The number of nitro groups is 1. The van der Waals surface area contributed by atoms with Gasteiger partial charge in [0.25, 0.3) is 0 Å². The molecule has 1 saturated carbocycles. The zero-order valence-electron chi connectivity index (χ0n) is 12.0. The third-order valence-electron chi connectivity index (χ3n) is 3.31. The van der Waals surface area contributed by atoms with Crippen molar-refractivity contribution in [1.82, 2.24) is 5.32 Å². The Labute approximate surface area is 114 Å². The first kappa shape index (κ1) is 15.7. The molecule has 1 aliphatic rings. The second kappa shape index (κ2) is 6.73. The van der Waals surface area contributed by atoms with Crippen molar-refractivity contribution in [3.63, 3.8) is 0 Å². The van der Waals surface area contributed by atoms with Gasteiger partial charge in [-0.25, -0.2) is 4.79 Å². The number of ether oxygens (including phenoxy) is 1. The van der Waals surface area contributed by atoms with Gasteiger partial charge in [0.15, 0.2) is 0 Å². The highest BCUT2D eigenvalue weighted by atomic mass is 16.6. The average Bonchev–Trinajstić information content (AvgIpc) is 2.25. The summed E-state index contributed by atoms with van der Waals surface area (Å²) in [5.41, 5.74) is -0.479. The molecule has 1 rings (SSSR count). The summed E-state index contributed by atoms with van der Waals surface area (Å²) in [6, 6.07) is 0. The number of carbonyl (C=O) groups excluding carboxylic acids is 1. The number of nitrogens with one attached hydrogen (secondary N) is 1. The molecule has 6 nitrogen and oxygen atoms in total. The lowest BCUT2D eigenvalue weighted by molar-refractivity contribution is -0.489. The van der Waals surface area contributed by atoms with Crippen LogP contribution < -0.4 is 5.32 Å². The van der Waals surface area contributed by atoms with E-state index in [0.29, 0.717) is 12.5 Å². The SMILES string of the molecule is CC(C)(C)OC(=O)NCC1CCC(C[N+](=O)[O-])CC1. The Morgan fingerprint density at radius 2 is 1.79 bits per heavy atom. The fraction of sp³-hybridized carbons (Fsp3) is 0.923. The van der Waals surface area contributed by atoms with Crippen LogP contribution in [0.4, 0.5) is 4.79 Å². The molecule has 0 unspecified atom stereocenters. The monoisotopic (exact) mass is 272 g/mol. The van der Waals surface area contributed by atoms with E-state index >= 15 is 0 Å². The van der Waals surface area contributed by atoms with E-state index in [9.17, 15) is 14.9 Å². The van der Waals surface area contributed by atoms with Gasteiger partial charge in [-0.1, -0.05) is 0 Å². The molecule has 0 saturated heterocycles. The van der Waals surface area contributed by atoms with Gasteiger partial charge in [0.2, 0.25) is 6.54 Å². The fourth-order valence-corrected chi connectivity index (χ4v) is 2.37. The van der Waals surface area contributed by atoms with Crippen molar-refractivity contribution in [2.75, 3.05) is 13.1 Å². The summed E-state index contributed by atoms with van der Waals surface area (Å²) in [4.78, 5) is 21.7. The lowest BCUT2D eigenvalue weighted by Gasteiger charge is -2.27. The van der Waals surface area contributed by atoms with Crippen LogP contribution in [0.15, 0.2) is 0 Å². The minimum Gasteiger partial charge on any atom is -0.444 e. The van der Waals surface area contributed by atoms with Crippen LogP contribution in [0.3, 0.4) is 0 Å². The molecule has 0 atom stereocenters. The summed E-state index contributed by atoms with van der Waals surface area (Å²) in [7, 11) is 0. The third-order valence-corrected chi connectivity index (χ3v) is 3.31. The molecule has 6 heteroatoms. The Hall–Kier alpha value is -1.33. The van der Waals surface area contributed by atoms with Crippen LogP contribution in [0.5, 0.6) is 0 Å². The van der Waals surface area contributed by atoms with Gasteiger partial charge in [0.05, 0.1) is 0 Å². The summed E-state index contributed by atoms with van der Waals surface area (Å²) < 4.78 is 5.16. The first-order valence-electron chi connectivity index (χ1n) is 6.85. The van der Waals surface area contributed by atoms with Crippen LogP contribution in [0.25, 0.3) is 0 Å². The molecular formula is C13H24N2O4. The van der Waals surface area contributed by atoms with E-state index in [1.165, 1.54) is 0 Å². The number of amides is 1. The summed E-state index contributed by atoms with van der Waals surface area (Å²) in [6.45, 7) is 6.16. The van der Waals surface area contributed by atoms with Crippen molar-refractivity contribution in [2.24, 2.45) is 11.8 Å². The predicted molar refractivity (Wildman–Crippen MR) is 71.5 cm³/mol. The summed E-state index contributed by atoms with van der Waals surface area (Å²) in [5.74, 6) is 0.614. The van der Waals surface area contributed by atoms with Gasteiger partial charge >= 0.3 is 6.09 Å². The van der Waals surface area contributed by atoms with E-state index < -0.39 is 5.60 Å². The van der Waals surface area contributed by atoms with Crippen molar-refractivity contribution in [2.45, 2.75) is 52.1 Å². The molecule has 0 aliphatic heterocycles. The highest BCUT2D eigenvalue weighted by molar-refractivity contribution is 5.67. The Kier molecular flexibility index (Phi) is 5.57. The maximum atomic E-state index is 11.5. The van der Waals surface area contributed by atoms with Crippen LogP contribution in [0, 0.1) is 22.0 Å². The van der Waals surface area contributed by atoms with E-state index in [4.69, 9.17) is 4.74 Å². The highest BCUT2D eigenvalue weighted by Crippen LogP contribution is 2.28. The van der Waals surface area contributed by atoms with Gasteiger partial charge in [-0.05, 0) is 52.4 Å². The van der Waals surface area contributed by atoms with Crippen LogP contribution in [0.2, 0.25) is 0 Å². The van der Waals surface area contributed by atoms with Gasteiger partial charge in [0, 0.05) is 17.4 Å². The lowest BCUT2D eigenvalue weighted by Crippen LogP contribution is -2.36. The molecule has 110 valence electrons. The van der Waals surface area contributed by atoms with Crippen molar-refractivity contribution in [3.05, 3.63) is 10.1 Å². The van der Waals surface area contributed by atoms with E-state index in [-0.39, 0.29) is 23.5 Å². The molecule has 19 heavy (non-hydrogen) atoms. The smallest absolute Gasteiger partial charge is 0.407 e. The largest absolute Gasteiger partial charge is 0.444 e. The summed E-state index contributed by atoms with van der Waals surface area (Å²) >= 11 is 0. The number of hydrogen-bond donors (Lipinski definition) is 1. The summed E-state index contributed by atoms with van der Waals surface area (Å²) in [6.07, 6.45) is 3.24. The minimum atomic E-state index is -0.479. The van der Waals surface area contributed by atoms with Gasteiger partial charge in [-0.2, -0.15) is 0 Å². The maximum Gasteiger partial charge on any atom is 0.407 e. The zero-order chi connectivity index (χ0) is 14.5. The van der Waals surface area contributed by atoms with E-state index in [1.54, 1.807) is 0 Å². The van der Waals surface area contributed by atoms with E-state index in [1.807, 2.05) is 20.8 Å². The predicted octanol–water partition coefficient (Wildman–Crippen LogP) is 2.59. The Morgan fingerprint density at radius 1 is 1.26 bits per heavy atom. The Bertz CT molecular complexity index is 317. The number of rotatable bonds is 4. The van der Waals surface area contributed by atoms with Gasteiger partial charge < -0.3 is 10.1 Å². The topological polar surface area (TPSA) is 81.5 Å². The quantitative estimate of drug-likeness (QED) is 0.630. The number of carbonyl (C=O) groups is 1. The molecule has 0 radical (unpaired) electrons. The molecule has 1 fully saturated rings. The van der Waals surface area contributed by atoms with Crippen LogP contribution in [-0.4, -0.2) is 29.7 Å². The maximum absolute atomic E-state index is 11.5. The van der Waals surface area contributed by atoms with Crippen LogP contribution >= 0.6 is 0 Å². The Morgan fingerprint density at radius 3 is 2.26 bits per heavy atom. The lowest BCUT2D eigenvalue weighted by atomic mass is 9.82. The molecule has 0 aromatic heterocycles. The second-order valence-electron chi connectivity index (χ2n) is 6.28. The van der Waals surface area contributed by atoms with Crippen molar-refractivity contribution >= 4 is 6.09 Å². The number of alkyl carbamates (subject to hydrolysis) is 1. The molecule has 1 N–H and O–H groups in total. The highest BCUT2D eigenvalue weighted by Gasteiger charge is 2.25. The van der Waals surface area contributed by atoms with E-state index in [0.717, 1.165) is 25.7 Å². The Balaban J connectivity index is 2.19. The molecule has 0 spiro atoms. The number of hydrogen-bond acceptors (Lipinski definition) is 4. The molecule has 1 amide bonds. The van der Waals surface area contributed by atoms with Crippen molar-refractivity contribution in [1.29, 1.82) is 0 Å². The van der Waals surface area contributed by atoms with Crippen LogP contribution in [0.1, 0.15) is 46.5 Å². The molecule has 0 aromatic rings. The molecule has 1 aliphatic carbocycles. The molecule has 0 heterocycles. The first-order valence-corrected chi connectivity index (χ1v) is 6.85. The molecule has 0 aromatic carbocycles. The normalized spacial score (nSPS) is 23.7. The molecule has 0 bridgehead atoms. The van der Waals surface area contributed by atoms with Crippen LogP contribution in [-0.2, 0) is 4.74 Å². The minimum absolute atomic E-state index is 0.0756. The number of nitrogens with zero attached hydrogens (tertiary/aromatic N) is 1. The standard InChI is InChI=1S/C13H24N2O4/c1-13(2,3)19-12(16)14-8-10-4-6-11(7-5-10)9-15(17)18/h10-11H,4-9H2,1-3H3,(H,14,16). The van der Waals surface area contributed by atoms with Gasteiger partial charge in [0.1, 0.15) is 5.60 Å². The van der Waals surface area contributed by atoms with Gasteiger partial charge in [-0.3, -0.25) is 10.1 Å². The summed E-state index contributed by atoms with van der Waals surface area (Å²) in [5, 5.41) is 13.2. The first-order chi connectivity index (χ1) is 8.76. The van der Waals surface area contributed by atoms with Crippen molar-refractivity contribution < 1.29 is 14.5 Å². The van der Waals surface area contributed by atoms with Crippen molar-refractivity contribution in [3.8, 4) is 0 Å². The average molecular weight is 272 g/mol.